The number of carbonyl (C=O) groups excluding carboxylic acids is 1. The molecule has 0 spiro atoms. The number of benzene rings is 1. The van der Waals surface area contributed by atoms with Gasteiger partial charge in [0.1, 0.15) is 0 Å². The van der Waals surface area contributed by atoms with Crippen molar-refractivity contribution < 1.29 is 4.79 Å². The Morgan fingerprint density at radius 2 is 2.10 bits per heavy atom. The highest BCUT2D eigenvalue weighted by molar-refractivity contribution is 6.06. The van der Waals surface area contributed by atoms with Gasteiger partial charge in [0.2, 0.25) is 5.91 Å². The standard InChI is InChI=1S/C14H19N5O/c1-9-8-12(20)17-18-13(9)10-4-6-11(7-5-10)19(3)14(15)16-2/h4-7,9H,8H2,1-3H3,(H2,15,16)(H,17,20). The van der Waals surface area contributed by atoms with Gasteiger partial charge >= 0.3 is 0 Å². The number of rotatable bonds is 2. The van der Waals surface area contributed by atoms with Crippen LogP contribution in [-0.2, 0) is 4.79 Å². The Balaban J connectivity index is 2.23. The Hall–Kier alpha value is -2.37. The largest absolute Gasteiger partial charge is 0.370 e. The zero-order chi connectivity index (χ0) is 14.7. The average Bonchev–Trinajstić information content (AvgIpc) is 2.46. The summed E-state index contributed by atoms with van der Waals surface area (Å²) in [6.45, 7) is 2.00. The maximum atomic E-state index is 11.2. The molecule has 1 amide bonds. The quantitative estimate of drug-likeness (QED) is 0.621. The summed E-state index contributed by atoms with van der Waals surface area (Å²) in [5.41, 5.74) is 11.1. The summed E-state index contributed by atoms with van der Waals surface area (Å²) in [6, 6.07) is 7.86. The summed E-state index contributed by atoms with van der Waals surface area (Å²) in [5.74, 6) is 0.535. The number of carbonyl (C=O) groups is 1. The molecule has 1 aromatic rings. The molecule has 6 heteroatoms. The molecule has 1 atom stereocenters. The molecule has 2 rings (SSSR count). The molecule has 0 saturated carbocycles. The highest BCUT2D eigenvalue weighted by Crippen LogP contribution is 2.19. The van der Waals surface area contributed by atoms with Crippen molar-refractivity contribution in [3.63, 3.8) is 0 Å². The molecule has 0 bridgehead atoms. The maximum absolute atomic E-state index is 11.2. The minimum Gasteiger partial charge on any atom is -0.370 e. The summed E-state index contributed by atoms with van der Waals surface area (Å²) >= 11 is 0. The number of nitrogens with one attached hydrogen (secondary N) is 1. The summed E-state index contributed by atoms with van der Waals surface area (Å²) in [6.07, 6.45) is 0.468. The van der Waals surface area contributed by atoms with Crippen molar-refractivity contribution in [2.45, 2.75) is 13.3 Å². The zero-order valence-electron chi connectivity index (χ0n) is 11.9. The first-order valence-electron chi connectivity index (χ1n) is 6.45. The molecule has 0 saturated heterocycles. The van der Waals surface area contributed by atoms with E-state index < -0.39 is 0 Å². The van der Waals surface area contributed by atoms with Crippen molar-refractivity contribution in [1.82, 2.24) is 5.43 Å². The molecule has 20 heavy (non-hydrogen) atoms. The average molecular weight is 273 g/mol. The molecule has 1 heterocycles. The van der Waals surface area contributed by atoms with Crippen molar-refractivity contribution >= 4 is 23.3 Å². The van der Waals surface area contributed by atoms with Crippen molar-refractivity contribution in [3.05, 3.63) is 29.8 Å². The van der Waals surface area contributed by atoms with Gasteiger partial charge in [-0.05, 0) is 17.7 Å². The van der Waals surface area contributed by atoms with Crippen molar-refractivity contribution in [3.8, 4) is 0 Å². The molecular weight excluding hydrogens is 254 g/mol. The zero-order valence-corrected chi connectivity index (χ0v) is 11.9. The van der Waals surface area contributed by atoms with Gasteiger partial charge in [0.15, 0.2) is 5.96 Å². The fourth-order valence-electron chi connectivity index (χ4n) is 2.14. The van der Waals surface area contributed by atoms with Crippen LogP contribution < -0.4 is 16.1 Å². The first-order valence-corrected chi connectivity index (χ1v) is 6.45. The number of guanidine groups is 1. The number of aliphatic imine (C=N–C) groups is 1. The van der Waals surface area contributed by atoms with Gasteiger partial charge in [-0.15, -0.1) is 0 Å². The van der Waals surface area contributed by atoms with Crippen LogP contribution in [0, 0.1) is 5.92 Å². The third kappa shape index (κ3) is 2.79. The van der Waals surface area contributed by atoms with Crippen molar-refractivity contribution in [1.29, 1.82) is 0 Å². The highest BCUT2D eigenvalue weighted by Gasteiger charge is 2.21. The van der Waals surface area contributed by atoms with Crippen molar-refractivity contribution in [2.24, 2.45) is 21.7 Å². The van der Waals surface area contributed by atoms with Gasteiger partial charge in [0, 0.05) is 32.1 Å². The normalized spacial score (nSPS) is 19.4. The molecule has 0 radical (unpaired) electrons. The Bertz CT molecular complexity index is 561. The summed E-state index contributed by atoms with van der Waals surface area (Å²) in [4.78, 5) is 17.0. The molecule has 1 aromatic carbocycles. The second-order valence-electron chi connectivity index (χ2n) is 4.82. The SMILES string of the molecule is CN=C(N)N(C)c1ccc(C2=NNC(=O)CC2C)cc1. The molecule has 1 aliphatic rings. The molecule has 6 nitrogen and oxygen atoms in total. The van der Waals surface area contributed by atoms with Crippen molar-refractivity contribution in [2.75, 3.05) is 19.0 Å². The van der Waals surface area contributed by atoms with Gasteiger partial charge in [-0.1, -0.05) is 19.1 Å². The van der Waals surface area contributed by atoms with Gasteiger partial charge in [-0.3, -0.25) is 9.79 Å². The second-order valence-corrected chi connectivity index (χ2v) is 4.82. The number of nitrogens with zero attached hydrogens (tertiary/aromatic N) is 3. The number of anilines is 1. The number of hydrogen-bond donors (Lipinski definition) is 2. The summed E-state index contributed by atoms with van der Waals surface area (Å²) < 4.78 is 0. The molecule has 1 unspecified atom stereocenters. The van der Waals surface area contributed by atoms with Gasteiger partial charge in [0.25, 0.3) is 0 Å². The van der Waals surface area contributed by atoms with Crippen LogP contribution in [-0.4, -0.2) is 31.7 Å². The van der Waals surface area contributed by atoms with E-state index in [-0.39, 0.29) is 11.8 Å². The minimum atomic E-state index is -0.0375. The molecule has 0 fully saturated rings. The number of hydrogen-bond acceptors (Lipinski definition) is 3. The van der Waals surface area contributed by atoms with Gasteiger partial charge in [-0.2, -0.15) is 5.10 Å². The van der Waals surface area contributed by atoms with Crippen LogP contribution >= 0.6 is 0 Å². The Labute approximate surface area is 118 Å². The number of nitrogens with two attached hydrogens (primary N) is 1. The fraction of sp³-hybridized carbons (Fsp3) is 0.357. The van der Waals surface area contributed by atoms with Crippen LogP contribution in [0.25, 0.3) is 0 Å². The van der Waals surface area contributed by atoms with E-state index in [1.54, 1.807) is 11.9 Å². The lowest BCUT2D eigenvalue weighted by molar-refractivity contribution is -0.121. The van der Waals surface area contributed by atoms with E-state index in [0.29, 0.717) is 12.4 Å². The molecule has 3 N–H and O–H groups in total. The summed E-state index contributed by atoms with van der Waals surface area (Å²) in [7, 11) is 3.51. The van der Waals surface area contributed by atoms with Crippen LogP contribution in [0.3, 0.4) is 0 Å². The van der Waals surface area contributed by atoms with E-state index in [0.717, 1.165) is 17.0 Å². The van der Waals surface area contributed by atoms with Gasteiger partial charge in [0.05, 0.1) is 5.71 Å². The monoisotopic (exact) mass is 273 g/mol. The van der Waals surface area contributed by atoms with E-state index >= 15 is 0 Å². The molecular formula is C14H19N5O. The van der Waals surface area contributed by atoms with Gasteiger partial charge in [-0.25, -0.2) is 5.43 Å². The van der Waals surface area contributed by atoms with Gasteiger partial charge < -0.3 is 10.6 Å². The highest BCUT2D eigenvalue weighted by atomic mass is 16.2. The third-order valence-electron chi connectivity index (χ3n) is 3.38. The molecule has 0 aliphatic carbocycles. The van der Waals surface area contributed by atoms with E-state index in [2.05, 4.69) is 15.5 Å². The van der Waals surface area contributed by atoms with E-state index in [9.17, 15) is 4.79 Å². The first-order chi connectivity index (χ1) is 9.52. The van der Waals surface area contributed by atoms with Crippen LogP contribution in [0.4, 0.5) is 5.69 Å². The van der Waals surface area contributed by atoms with E-state index in [4.69, 9.17) is 5.73 Å². The lowest BCUT2D eigenvalue weighted by Crippen LogP contribution is -2.34. The number of amides is 1. The topological polar surface area (TPSA) is 83.1 Å². The van der Waals surface area contributed by atoms with Crippen LogP contribution in [0.5, 0.6) is 0 Å². The van der Waals surface area contributed by atoms with Crippen LogP contribution in [0.2, 0.25) is 0 Å². The van der Waals surface area contributed by atoms with E-state index in [1.807, 2.05) is 38.2 Å². The Morgan fingerprint density at radius 3 is 2.65 bits per heavy atom. The lowest BCUT2D eigenvalue weighted by Gasteiger charge is -2.21. The fourth-order valence-corrected chi connectivity index (χ4v) is 2.14. The predicted molar refractivity (Wildman–Crippen MR) is 80.9 cm³/mol. The Morgan fingerprint density at radius 1 is 1.45 bits per heavy atom. The molecule has 0 aromatic heterocycles. The minimum absolute atomic E-state index is 0.0375. The predicted octanol–water partition coefficient (Wildman–Crippen LogP) is 0.927. The smallest absolute Gasteiger partial charge is 0.240 e. The van der Waals surface area contributed by atoms with Crippen LogP contribution in [0.15, 0.2) is 34.4 Å². The third-order valence-corrected chi connectivity index (χ3v) is 3.38. The first kappa shape index (κ1) is 14.0. The van der Waals surface area contributed by atoms with E-state index in [1.165, 1.54) is 0 Å². The molecule has 106 valence electrons. The number of hydrazone groups is 1. The lowest BCUT2D eigenvalue weighted by atomic mass is 9.94. The van der Waals surface area contributed by atoms with Crippen LogP contribution in [0.1, 0.15) is 18.9 Å². The Kier molecular flexibility index (Phi) is 4.02. The maximum Gasteiger partial charge on any atom is 0.240 e. The second kappa shape index (κ2) is 5.73. The molecule has 1 aliphatic heterocycles. The summed E-state index contributed by atoms with van der Waals surface area (Å²) in [5, 5.41) is 4.14.